The molecule has 0 unspecified atom stereocenters. The summed E-state index contributed by atoms with van der Waals surface area (Å²) >= 11 is 0. The zero-order valence-corrected chi connectivity index (χ0v) is 36.9. The summed E-state index contributed by atoms with van der Waals surface area (Å²) in [6.45, 7) is 6.76. The molecule has 4 bridgehead atoms. The van der Waals surface area contributed by atoms with Gasteiger partial charge in [0.25, 0.3) is 11.1 Å². The first kappa shape index (κ1) is 44.2. The highest BCUT2D eigenvalue weighted by atomic mass is 16.3. The van der Waals surface area contributed by atoms with E-state index in [9.17, 15) is 29.4 Å². The lowest BCUT2D eigenvalue weighted by molar-refractivity contribution is -0.136. The van der Waals surface area contributed by atoms with E-state index < -0.39 is 0 Å². The van der Waals surface area contributed by atoms with Gasteiger partial charge < -0.3 is 29.1 Å². The molecule has 2 saturated heterocycles. The number of carbonyl (C=O) groups excluding carboxylic acids is 2. The fraction of sp³-hybridized carbons (Fsp3) is 0.667. The molecule has 2 aromatic rings. The summed E-state index contributed by atoms with van der Waals surface area (Å²) in [4.78, 5) is 61.0. The van der Waals surface area contributed by atoms with Crippen LogP contribution in [0, 0.1) is 35.5 Å². The first-order chi connectivity index (χ1) is 28.9. The summed E-state index contributed by atoms with van der Waals surface area (Å²) in [5, 5.41) is 20.7. The number of pyridine rings is 2. The summed E-state index contributed by atoms with van der Waals surface area (Å²) < 4.78 is 3.74. The molecule has 2 aromatic heterocycles. The summed E-state index contributed by atoms with van der Waals surface area (Å²) in [7, 11) is 7.14. The van der Waals surface area contributed by atoms with Gasteiger partial charge in [-0.05, 0) is 75.6 Å². The Balaban J connectivity index is 0.000000181. The number of hydrogen-bond donors (Lipinski definition) is 2. The standard InChI is InChI=1S/2C24H35N3O3/c2*1-4-8-17-11-12-19-22-21(24(30)25(2)3)18(15-28)20(14-27(19)23(17)29)26(22)13-16-9-6-5-7-10-16/h2*4,8,11-12,16,18,20-22,28H,5-7,9-10,13-15H2,1-3H3/b8-4+;8-4-/t2*18-,20-,21+,22+/m11/s1. The second-order valence-electron chi connectivity index (χ2n) is 18.9. The molecule has 4 aliphatic heterocycles. The molecule has 12 nitrogen and oxygen atoms in total. The van der Waals surface area contributed by atoms with Crippen LogP contribution in [0.2, 0.25) is 0 Å². The van der Waals surface area contributed by atoms with Gasteiger partial charge in [-0.3, -0.25) is 29.0 Å². The van der Waals surface area contributed by atoms with Crippen molar-refractivity contribution in [3.05, 3.63) is 79.6 Å². The van der Waals surface area contributed by atoms with E-state index >= 15 is 0 Å². The normalized spacial score (nSPS) is 29.3. The van der Waals surface area contributed by atoms with Gasteiger partial charge in [0.05, 0.1) is 23.9 Å². The molecule has 0 aromatic carbocycles. The molecule has 60 heavy (non-hydrogen) atoms. The van der Waals surface area contributed by atoms with Crippen molar-refractivity contribution in [1.82, 2.24) is 28.7 Å². The number of carbonyl (C=O) groups is 2. The molecule has 0 radical (unpaired) electrons. The van der Waals surface area contributed by atoms with Crippen molar-refractivity contribution in [2.45, 2.75) is 115 Å². The Kier molecular flexibility index (Phi) is 14.0. The van der Waals surface area contributed by atoms with E-state index in [4.69, 9.17) is 0 Å². The molecular weight excluding hydrogens is 757 g/mol. The minimum Gasteiger partial charge on any atom is -0.396 e. The number of aliphatic hydroxyl groups excluding tert-OH is 2. The number of rotatable bonds is 10. The third kappa shape index (κ3) is 8.26. The van der Waals surface area contributed by atoms with Crippen LogP contribution >= 0.6 is 0 Å². The van der Waals surface area contributed by atoms with Crippen LogP contribution in [0.3, 0.4) is 0 Å². The lowest BCUT2D eigenvalue weighted by Crippen LogP contribution is -2.48. The Morgan fingerprint density at radius 1 is 0.617 bits per heavy atom. The zero-order chi connectivity index (χ0) is 42.8. The van der Waals surface area contributed by atoms with E-state index in [1.165, 1.54) is 64.2 Å². The van der Waals surface area contributed by atoms with Crippen LogP contribution in [0.5, 0.6) is 0 Å². The van der Waals surface area contributed by atoms with E-state index in [-0.39, 0.29) is 84.0 Å². The summed E-state index contributed by atoms with van der Waals surface area (Å²) in [5.41, 5.74) is 3.22. The zero-order valence-electron chi connectivity index (χ0n) is 36.9. The van der Waals surface area contributed by atoms with Crippen molar-refractivity contribution in [2.75, 3.05) is 54.5 Å². The van der Waals surface area contributed by atoms with Crippen LogP contribution in [-0.2, 0) is 22.7 Å². The van der Waals surface area contributed by atoms with E-state index in [1.807, 2.05) is 71.6 Å². The average Bonchev–Trinajstić information content (AvgIpc) is 3.58. The lowest BCUT2D eigenvalue weighted by atomic mass is 9.86. The van der Waals surface area contributed by atoms with E-state index in [0.29, 0.717) is 36.1 Å². The lowest BCUT2D eigenvalue weighted by Gasteiger charge is -2.40. The highest BCUT2D eigenvalue weighted by Crippen LogP contribution is 2.51. The maximum Gasteiger partial charge on any atom is 0.258 e. The molecule has 6 heterocycles. The highest BCUT2D eigenvalue weighted by Gasteiger charge is 2.57. The van der Waals surface area contributed by atoms with Crippen molar-refractivity contribution >= 4 is 24.0 Å². The van der Waals surface area contributed by atoms with Crippen molar-refractivity contribution < 1.29 is 19.8 Å². The van der Waals surface area contributed by atoms with Crippen LogP contribution in [0.15, 0.2) is 46.0 Å². The molecule has 12 heteroatoms. The van der Waals surface area contributed by atoms with Gasteiger partial charge in [0, 0.05) is 114 Å². The number of fused-ring (bicyclic) bond motifs is 8. The van der Waals surface area contributed by atoms with Crippen molar-refractivity contribution in [2.24, 2.45) is 35.5 Å². The quantitative estimate of drug-likeness (QED) is 0.342. The Hall–Kier alpha value is -3.84. The Morgan fingerprint density at radius 2 is 0.983 bits per heavy atom. The van der Waals surface area contributed by atoms with Gasteiger partial charge in [0.2, 0.25) is 11.8 Å². The number of aromatic nitrogens is 2. The molecule has 8 atom stereocenters. The number of amides is 2. The highest BCUT2D eigenvalue weighted by molar-refractivity contribution is 5.81. The van der Waals surface area contributed by atoms with Gasteiger partial charge >= 0.3 is 0 Å². The predicted octanol–water partition coefficient (Wildman–Crippen LogP) is 5.03. The largest absolute Gasteiger partial charge is 0.396 e. The van der Waals surface area contributed by atoms with Crippen molar-refractivity contribution in [3.8, 4) is 0 Å². The van der Waals surface area contributed by atoms with Crippen LogP contribution < -0.4 is 11.1 Å². The van der Waals surface area contributed by atoms with Gasteiger partial charge in [-0.25, -0.2) is 0 Å². The van der Waals surface area contributed by atoms with Gasteiger partial charge in [-0.2, -0.15) is 0 Å². The molecule has 8 rings (SSSR count). The molecule has 2 N–H and O–H groups in total. The summed E-state index contributed by atoms with van der Waals surface area (Å²) in [5.74, 6) is 0.422. The molecule has 0 spiro atoms. The number of aliphatic hydroxyl groups is 2. The molecule has 4 fully saturated rings. The topological polar surface area (TPSA) is 132 Å². The van der Waals surface area contributed by atoms with E-state index in [1.54, 1.807) is 38.0 Å². The second kappa shape index (κ2) is 19.1. The number of nitrogens with zero attached hydrogens (tertiary/aromatic N) is 6. The van der Waals surface area contributed by atoms with Crippen LogP contribution in [0.1, 0.15) is 113 Å². The molecular formula is C48H70N6O6. The third-order valence-corrected chi connectivity index (χ3v) is 14.9. The molecule has 2 saturated carbocycles. The van der Waals surface area contributed by atoms with Crippen LogP contribution in [0.25, 0.3) is 12.2 Å². The van der Waals surface area contributed by atoms with Gasteiger partial charge in [-0.15, -0.1) is 0 Å². The average molecular weight is 827 g/mol. The van der Waals surface area contributed by atoms with Crippen LogP contribution in [-0.4, -0.2) is 117 Å². The summed E-state index contributed by atoms with van der Waals surface area (Å²) in [6, 6.07) is 7.56. The number of allylic oxidation sites excluding steroid dienone is 2. The van der Waals surface area contributed by atoms with Crippen molar-refractivity contribution in [1.29, 1.82) is 0 Å². The Labute approximate surface area is 356 Å². The maximum absolute atomic E-state index is 13.2. The third-order valence-electron chi connectivity index (χ3n) is 14.9. The molecule has 328 valence electrons. The second-order valence-corrected chi connectivity index (χ2v) is 18.9. The van der Waals surface area contributed by atoms with E-state index in [2.05, 4.69) is 9.80 Å². The smallest absolute Gasteiger partial charge is 0.258 e. The monoisotopic (exact) mass is 827 g/mol. The molecule has 2 aliphatic carbocycles. The first-order valence-electron chi connectivity index (χ1n) is 22.8. The van der Waals surface area contributed by atoms with Crippen molar-refractivity contribution in [3.63, 3.8) is 0 Å². The van der Waals surface area contributed by atoms with E-state index in [0.717, 1.165) is 24.5 Å². The first-order valence-corrected chi connectivity index (χ1v) is 22.8. The molecule has 6 aliphatic rings. The maximum atomic E-state index is 13.2. The minimum absolute atomic E-state index is 0.00700. The fourth-order valence-electron chi connectivity index (χ4n) is 12.1. The molecule has 2 amide bonds. The van der Waals surface area contributed by atoms with Gasteiger partial charge in [0.1, 0.15) is 0 Å². The SMILES string of the molecule is C/C=C/c1ccc2n(c1=O)C[C@@H]1[C@@H](CO)[C@H](C(=O)N(C)C)[C@H]2N1CC1CCCCC1.C/C=C\c1ccc2n(c1=O)C[C@@H]1[C@@H](CO)[C@H](C(=O)N(C)C)[C@H]2N1CC1CCCCC1. The predicted molar refractivity (Wildman–Crippen MR) is 236 cm³/mol. The van der Waals surface area contributed by atoms with Gasteiger partial charge in [-0.1, -0.05) is 62.8 Å². The van der Waals surface area contributed by atoms with Crippen LogP contribution in [0.4, 0.5) is 0 Å². The Bertz CT molecular complexity index is 1880. The Morgan fingerprint density at radius 3 is 1.30 bits per heavy atom. The fourth-order valence-corrected chi connectivity index (χ4v) is 12.1. The van der Waals surface area contributed by atoms with Gasteiger partial charge in [0.15, 0.2) is 0 Å². The minimum atomic E-state index is -0.320. The number of hydrogen-bond acceptors (Lipinski definition) is 8. The summed E-state index contributed by atoms with van der Waals surface area (Å²) in [6.07, 6.45) is 20.1.